The summed E-state index contributed by atoms with van der Waals surface area (Å²) >= 11 is 15.3. The number of ether oxygens (including phenoxy) is 1. The summed E-state index contributed by atoms with van der Waals surface area (Å²) in [5, 5.41) is 1.14. The van der Waals surface area contributed by atoms with Crippen molar-refractivity contribution in [3.05, 3.63) is 50.0 Å². The van der Waals surface area contributed by atoms with Gasteiger partial charge in [-0.3, -0.25) is 0 Å². The Balaban J connectivity index is 2.40. The van der Waals surface area contributed by atoms with Gasteiger partial charge in [0.05, 0.1) is 0 Å². The molecule has 94 valence electrons. The van der Waals surface area contributed by atoms with Gasteiger partial charge in [-0.05, 0) is 59.1 Å². The molecular weight excluding hydrogens is 337 g/mol. The molecule has 0 amide bonds. The summed E-state index contributed by atoms with van der Waals surface area (Å²) in [6.45, 7) is 3.86. The van der Waals surface area contributed by atoms with Gasteiger partial charge in [-0.1, -0.05) is 23.2 Å². The van der Waals surface area contributed by atoms with Crippen molar-refractivity contribution in [1.29, 1.82) is 0 Å². The molecule has 0 fully saturated rings. The number of rotatable bonds is 2. The van der Waals surface area contributed by atoms with Crippen LogP contribution in [0.4, 0.5) is 0 Å². The zero-order chi connectivity index (χ0) is 13.3. The highest BCUT2D eigenvalue weighted by atomic mass is 79.9. The molecule has 0 spiro atoms. The van der Waals surface area contributed by atoms with Gasteiger partial charge in [-0.25, -0.2) is 4.98 Å². The maximum absolute atomic E-state index is 6.07. The van der Waals surface area contributed by atoms with E-state index in [-0.39, 0.29) is 0 Å². The lowest BCUT2D eigenvalue weighted by Gasteiger charge is -2.12. The molecule has 0 N–H and O–H groups in total. The van der Waals surface area contributed by atoms with Crippen LogP contribution in [0, 0.1) is 13.8 Å². The molecule has 1 aromatic heterocycles. The third kappa shape index (κ3) is 2.97. The van der Waals surface area contributed by atoms with Gasteiger partial charge in [-0.15, -0.1) is 0 Å². The van der Waals surface area contributed by atoms with Crippen LogP contribution in [0.2, 0.25) is 10.0 Å². The Morgan fingerprint density at radius 3 is 2.28 bits per heavy atom. The first kappa shape index (κ1) is 13.7. The Labute approximate surface area is 124 Å². The van der Waals surface area contributed by atoms with Crippen molar-refractivity contribution >= 4 is 39.1 Å². The fraction of sp³-hybridized carbons (Fsp3) is 0.154. The van der Waals surface area contributed by atoms with Crippen molar-refractivity contribution in [2.45, 2.75) is 13.8 Å². The van der Waals surface area contributed by atoms with Gasteiger partial charge in [0, 0.05) is 15.7 Å². The minimum absolute atomic E-state index is 0.383. The van der Waals surface area contributed by atoms with Crippen LogP contribution in [0.1, 0.15) is 11.1 Å². The summed E-state index contributed by atoms with van der Waals surface area (Å²) < 4.78 is 6.57. The zero-order valence-electron chi connectivity index (χ0n) is 9.80. The summed E-state index contributed by atoms with van der Waals surface area (Å²) in [4.78, 5) is 4.14. The van der Waals surface area contributed by atoms with E-state index in [4.69, 9.17) is 27.9 Å². The fourth-order valence-corrected chi connectivity index (χ4v) is 2.63. The van der Waals surface area contributed by atoms with Crippen LogP contribution in [-0.4, -0.2) is 4.98 Å². The second kappa shape index (κ2) is 5.47. The third-order valence-corrected chi connectivity index (χ3v) is 3.32. The largest absolute Gasteiger partial charge is 0.437 e. The number of hydrogen-bond donors (Lipinski definition) is 0. The number of halogens is 3. The Bertz CT molecular complexity index is 579. The molecule has 0 bridgehead atoms. The Morgan fingerprint density at radius 2 is 1.72 bits per heavy atom. The second-order valence-corrected chi connectivity index (χ2v) is 5.67. The highest BCUT2D eigenvalue weighted by molar-refractivity contribution is 9.10. The molecule has 1 aromatic carbocycles. The molecule has 5 heteroatoms. The number of aryl methyl sites for hydroxylation is 2. The van der Waals surface area contributed by atoms with Crippen LogP contribution in [0.5, 0.6) is 11.6 Å². The van der Waals surface area contributed by atoms with Crippen molar-refractivity contribution in [2.24, 2.45) is 0 Å². The van der Waals surface area contributed by atoms with Crippen LogP contribution < -0.4 is 4.74 Å². The van der Waals surface area contributed by atoms with Crippen molar-refractivity contribution in [3.8, 4) is 11.6 Å². The SMILES string of the molecule is Cc1cc(Cl)cc(C)c1Oc1ncc(Br)cc1Cl. The Morgan fingerprint density at radius 1 is 1.11 bits per heavy atom. The van der Waals surface area contributed by atoms with Crippen molar-refractivity contribution in [1.82, 2.24) is 4.98 Å². The zero-order valence-corrected chi connectivity index (χ0v) is 12.9. The standard InChI is InChI=1S/C13H10BrCl2NO/c1-7-3-10(15)4-8(2)12(7)18-13-11(16)5-9(14)6-17-13/h3-6H,1-2H3. The smallest absolute Gasteiger partial charge is 0.238 e. The van der Waals surface area contributed by atoms with E-state index in [1.165, 1.54) is 0 Å². The van der Waals surface area contributed by atoms with Crippen molar-refractivity contribution in [2.75, 3.05) is 0 Å². The molecule has 2 aromatic rings. The lowest BCUT2D eigenvalue weighted by Crippen LogP contribution is -1.94. The van der Waals surface area contributed by atoms with Crippen LogP contribution in [-0.2, 0) is 0 Å². The summed E-state index contributed by atoms with van der Waals surface area (Å²) in [6.07, 6.45) is 1.64. The van der Waals surface area contributed by atoms with Gasteiger partial charge in [-0.2, -0.15) is 0 Å². The van der Waals surface area contributed by atoms with Crippen LogP contribution in [0.3, 0.4) is 0 Å². The van der Waals surface area contributed by atoms with Gasteiger partial charge >= 0.3 is 0 Å². The molecule has 2 rings (SSSR count). The maximum atomic E-state index is 6.07. The van der Waals surface area contributed by atoms with Gasteiger partial charge in [0.15, 0.2) is 0 Å². The van der Waals surface area contributed by atoms with E-state index >= 15 is 0 Å². The highest BCUT2D eigenvalue weighted by Crippen LogP contribution is 2.34. The van der Waals surface area contributed by atoms with E-state index < -0.39 is 0 Å². The fourth-order valence-electron chi connectivity index (χ4n) is 1.63. The van der Waals surface area contributed by atoms with Crippen LogP contribution in [0.25, 0.3) is 0 Å². The maximum Gasteiger partial charge on any atom is 0.238 e. The molecule has 0 radical (unpaired) electrons. The average molecular weight is 347 g/mol. The lowest BCUT2D eigenvalue weighted by molar-refractivity contribution is 0.456. The predicted octanol–water partition coefficient (Wildman–Crippen LogP) is 5.56. The van der Waals surface area contributed by atoms with Crippen LogP contribution in [0.15, 0.2) is 28.9 Å². The van der Waals surface area contributed by atoms with Gasteiger partial charge in [0.1, 0.15) is 10.8 Å². The first-order chi connectivity index (χ1) is 8.47. The quantitative estimate of drug-likeness (QED) is 0.710. The van der Waals surface area contributed by atoms with Gasteiger partial charge < -0.3 is 4.74 Å². The summed E-state index contributed by atoms with van der Waals surface area (Å²) in [7, 11) is 0. The summed E-state index contributed by atoms with van der Waals surface area (Å²) in [5.74, 6) is 1.12. The van der Waals surface area contributed by atoms with Crippen LogP contribution >= 0.6 is 39.1 Å². The van der Waals surface area contributed by atoms with E-state index in [1.54, 1.807) is 12.3 Å². The number of nitrogens with zero attached hydrogens (tertiary/aromatic N) is 1. The number of pyridine rings is 1. The number of aromatic nitrogens is 1. The minimum Gasteiger partial charge on any atom is -0.437 e. The van der Waals surface area contributed by atoms with Gasteiger partial charge in [0.2, 0.25) is 5.88 Å². The topological polar surface area (TPSA) is 22.1 Å². The molecule has 0 atom stereocenters. The van der Waals surface area contributed by atoms with E-state index in [0.717, 1.165) is 21.3 Å². The molecule has 0 aliphatic heterocycles. The molecule has 2 nitrogen and oxygen atoms in total. The van der Waals surface area contributed by atoms with Crippen molar-refractivity contribution in [3.63, 3.8) is 0 Å². The predicted molar refractivity (Wildman–Crippen MR) is 77.9 cm³/mol. The molecular formula is C13H10BrCl2NO. The molecule has 18 heavy (non-hydrogen) atoms. The third-order valence-electron chi connectivity index (χ3n) is 2.40. The summed E-state index contributed by atoms with van der Waals surface area (Å²) in [5.41, 5.74) is 1.89. The molecule has 0 aliphatic carbocycles. The Kier molecular flexibility index (Phi) is 4.15. The second-order valence-electron chi connectivity index (χ2n) is 3.91. The normalized spacial score (nSPS) is 10.5. The number of hydrogen-bond acceptors (Lipinski definition) is 2. The monoisotopic (exact) mass is 345 g/mol. The molecule has 1 heterocycles. The average Bonchev–Trinajstić information content (AvgIpc) is 2.25. The first-order valence-corrected chi connectivity index (χ1v) is 6.78. The van der Waals surface area contributed by atoms with E-state index in [0.29, 0.717) is 15.9 Å². The van der Waals surface area contributed by atoms with E-state index in [9.17, 15) is 0 Å². The minimum atomic E-state index is 0.383. The first-order valence-electron chi connectivity index (χ1n) is 5.23. The van der Waals surface area contributed by atoms with E-state index in [2.05, 4.69) is 20.9 Å². The summed E-state index contributed by atoms with van der Waals surface area (Å²) in [6, 6.07) is 5.43. The molecule has 0 unspecified atom stereocenters. The molecule has 0 saturated heterocycles. The lowest BCUT2D eigenvalue weighted by atomic mass is 10.1. The highest BCUT2D eigenvalue weighted by Gasteiger charge is 2.10. The van der Waals surface area contributed by atoms with Crippen molar-refractivity contribution < 1.29 is 4.74 Å². The molecule has 0 saturated carbocycles. The Hall–Kier alpha value is -0.770. The van der Waals surface area contributed by atoms with E-state index in [1.807, 2.05) is 26.0 Å². The number of benzene rings is 1. The molecule has 0 aliphatic rings. The van der Waals surface area contributed by atoms with Gasteiger partial charge in [0.25, 0.3) is 0 Å².